The molecule has 2 nitrogen and oxygen atoms in total. The first-order valence-corrected chi connectivity index (χ1v) is 7.32. The molecular formula is C14H23NOS. The molecule has 0 amide bonds. The normalized spacial score (nSPS) is 22.5. The summed E-state index contributed by atoms with van der Waals surface area (Å²) in [6.45, 7) is 5.80. The van der Waals surface area contributed by atoms with Crippen LogP contribution in [0.5, 0.6) is 0 Å². The minimum Gasteiger partial charge on any atom is -0.394 e. The van der Waals surface area contributed by atoms with Gasteiger partial charge in [-0.2, -0.15) is 0 Å². The average Bonchev–Trinajstić information content (AvgIpc) is 2.82. The second-order valence-corrected chi connectivity index (χ2v) is 7.07. The molecule has 17 heavy (non-hydrogen) atoms. The van der Waals surface area contributed by atoms with E-state index < -0.39 is 0 Å². The summed E-state index contributed by atoms with van der Waals surface area (Å²) in [7, 11) is 0. The number of aliphatic hydroxyl groups is 1. The van der Waals surface area contributed by atoms with Crippen molar-refractivity contribution in [3.63, 3.8) is 0 Å². The van der Waals surface area contributed by atoms with E-state index in [0.29, 0.717) is 5.41 Å². The van der Waals surface area contributed by atoms with Gasteiger partial charge in [-0.15, -0.1) is 11.3 Å². The number of nitrogens with one attached hydrogen (secondary N) is 1. The summed E-state index contributed by atoms with van der Waals surface area (Å²) in [6.07, 6.45) is 4.57. The summed E-state index contributed by atoms with van der Waals surface area (Å²) < 4.78 is 0. The first-order valence-electron chi connectivity index (χ1n) is 6.44. The minimum absolute atomic E-state index is 0.0422. The van der Waals surface area contributed by atoms with Crippen molar-refractivity contribution in [2.24, 2.45) is 5.41 Å². The molecular weight excluding hydrogens is 230 g/mol. The van der Waals surface area contributed by atoms with Gasteiger partial charge < -0.3 is 10.4 Å². The Labute approximate surface area is 108 Å². The van der Waals surface area contributed by atoms with Crippen molar-refractivity contribution in [1.82, 2.24) is 5.32 Å². The molecule has 1 aliphatic carbocycles. The maximum absolute atomic E-state index is 9.68. The van der Waals surface area contributed by atoms with E-state index in [2.05, 4.69) is 36.7 Å². The SMILES string of the molecule is CC1(C)CCC(CO)(NCc2cccs2)CC1. The number of hydrogen-bond acceptors (Lipinski definition) is 3. The summed E-state index contributed by atoms with van der Waals surface area (Å²) in [5.74, 6) is 0. The first kappa shape index (κ1) is 13.1. The fourth-order valence-electron chi connectivity index (χ4n) is 2.48. The van der Waals surface area contributed by atoms with Crippen LogP contribution in [0.15, 0.2) is 17.5 Å². The highest BCUT2D eigenvalue weighted by Crippen LogP contribution is 2.40. The van der Waals surface area contributed by atoms with E-state index in [9.17, 15) is 5.11 Å². The number of aliphatic hydroxyl groups excluding tert-OH is 1. The van der Waals surface area contributed by atoms with Crippen molar-refractivity contribution in [2.45, 2.75) is 51.6 Å². The van der Waals surface area contributed by atoms with Crippen LogP contribution >= 0.6 is 11.3 Å². The van der Waals surface area contributed by atoms with Crippen LogP contribution in [-0.2, 0) is 6.54 Å². The summed E-state index contributed by atoms with van der Waals surface area (Å²) >= 11 is 1.78. The molecule has 0 aromatic carbocycles. The Bertz CT molecular complexity index is 335. The Hall–Kier alpha value is -0.380. The fraction of sp³-hybridized carbons (Fsp3) is 0.714. The van der Waals surface area contributed by atoms with Gasteiger partial charge >= 0.3 is 0 Å². The van der Waals surface area contributed by atoms with Crippen molar-refractivity contribution in [3.8, 4) is 0 Å². The molecule has 0 atom stereocenters. The van der Waals surface area contributed by atoms with Crippen molar-refractivity contribution in [1.29, 1.82) is 0 Å². The second-order valence-electron chi connectivity index (χ2n) is 6.04. The zero-order chi connectivity index (χ0) is 12.4. The van der Waals surface area contributed by atoms with E-state index in [1.807, 2.05) is 0 Å². The van der Waals surface area contributed by atoms with Crippen LogP contribution in [0.2, 0.25) is 0 Å². The molecule has 1 heterocycles. The van der Waals surface area contributed by atoms with Crippen LogP contribution < -0.4 is 5.32 Å². The molecule has 1 aliphatic rings. The Morgan fingerprint density at radius 1 is 1.29 bits per heavy atom. The third kappa shape index (κ3) is 3.30. The maximum Gasteiger partial charge on any atom is 0.0613 e. The highest BCUT2D eigenvalue weighted by Gasteiger charge is 2.37. The standard InChI is InChI=1S/C14H23NOS/c1-13(2)5-7-14(11-16,8-6-13)15-10-12-4-3-9-17-12/h3-4,9,15-16H,5-8,10-11H2,1-2H3. The van der Waals surface area contributed by atoms with Crippen LogP contribution in [0.4, 0.5) is 0 Å². The van der Waals surface area contributed by atoms with Gasteiger partial charge in [-0.3, -0.25) is 0 Å². The van der Waals surface area contributed by atoms with Gasteiger partial charge in [0.05, 0.1) is 6.61 Å². The van der Waals surface area contributed by atoms with Gasteiger partial charge in [0.2, 0.25) is 0 Å². The molecule has 0 bridgehead atoms. The Morgan fingerprint density at radius 2 is 2.00 bits per heavy atom. The van der Waals surface area contributed by atoms with E-state index in [0.717, 1.165) is 19.4 Å². The molecule has 1 saturated carbocycles. The fourth-order valence-corrected chi connectivity index (χ4v) is 3.13. The molecule has 2 rings (SSSR count). The van der Waals surface area contributed by atoms with Gasteiger partial charge in [0.25, 0.3) is 0 Å². The van der Waals surface area contributed by atoms with Crippen LogP contribution in [0, 0.1) is 5.41 Å². The van der Waals surface area contributed by atoms with E-state index in [1.165, 1.54) is 17.7 Å². The lowest BCUT2D eigenvalue weighted by molar-refractivity contribution is 0.0751. The predicted octanol–water partition coefficient (Wildman–Crippen LogP) is 3.17. The maximum atomic E-state index is 9.68. The monoisotopic (exact) mass is 253 g/mol. The summed E-state index contributed by atoms with van der Waals surface area (Å²) in [6, 6.07) is 4.23. The molecule has 1 aromatic rings. The number of hydrogen-bond donors (Lipinski definition) is 2. The minimum atomic E-state index is -0.0422. The van der Waals surface area contributed by atoms with E-state index in [-0.39, 0.29) is 12.1 Å². The molecule has 2 N–H and O–H groups in total. The van der Waals surface area contributed by atoms with Gasteiger partial charge in [0.1, 0.15) is 0 Å². The van der Waals surface area contributed by atoms with E-state index in [4.69, 9.17) is 0 Å². The Balaban J connectivity index is 1.92. The lowest BCUT2D eigenvalue weighted by Crippen LogP contribution is -2.51. The zero-order valence-corrected chi connectivity index (χ0v) is 11.6. The highest BCUT2D eigenvalue weighted by atomic mass is 32.1. The van der Waals surface area contributed by atoms with Gasteiger partial charge in [0, 0.05) is 17.0 Å². The Morgan fingerprint density at radius 3 is 2.53 bits per heavy atom. The molecule has 0 saturated heterocycles. The van der Waals surface area contributed by atoms with Crippen molar-refractivity contribution in [2.75, 3.05) is 6.61 Å². The summed E-state index contributed by atoms with van der Waals surface area (Å²) in [5, 5.41) is 15.4. The second kappa shape index (κ2) is 5.09. The van der Waals surface area contributed by atoms with Gasteiger partial charge in [-0.25, -0.2) is 0 Å². The van der Waals surface area contributed by atoms with Crippen molar-refractivity contribution < 1.29 is 5.11 Å². The number of thiophene rings is 1. The molecule has 3 heteroatoms. The van der Waals surface area contributed by atoms with Crippen LogP contribution in [-0.4, -0.2) is 17.3 Å². The molecule has 0 aliphatic heterocycles. The smallest absolute Gasteiger partial charge is 0.0613 e. The third-order valence-corrected chi connectivity index (χ3v) is 4.96. The average molecular weight is 253 g/mol. The van der Waals surface area contributed by atoms with Crippen LogP contribution in [0.3, 0.4) is 0 Å². The van der Waals surface area contributed by atoms with Crippen molar-refractivity contribution in [3.05, 3.63) is 22.4 Å². The van der Waals surface area contributed by atoms with Crippen molar-refractivity contribution >= 4 is 11.3 Å². The topological polar surface area (TPSA) is 32.3 Å². The van der Waals surface area contributed by atoms with Gasteiger partial charge in [0.15, 0.2) is 0 Å². The molecule has 0 radical (unpaired) electrons. The van der Waals surface area contributed by atoms with Gasteiger partial charge in [-0.05, 0) is 42.5 Å². The van der Waals surface area contributed by atoms with E-state index >= 15 is 0 Å². The van der Waals surface area contributed by atoms with Gasteiger partial charge in [-0.1, -0.05) is 19.9 Å². The molecule has 96 valence electrons. The lowest BCUT2D eigenvalue weighted by atomic mass is 9.69. The quantitative estimate of drug-likeness (QED) is 0.864. The molecule has 1 aromatic heterocycles. The lowest BCUT2D eigenvalue weighted by Gasteiger charge is -2.43. The summed E-state index contributed by atoms with van der Waals surface area (Å²) in [5.41, 5.74) is 0.406. The summed E-state index contributed by atoms with van der Waals surface area (Å²) in [4.78, 5) is 1.35. The largest absolute Gasteiger partial charge is 0.394 e. The number of rotatable bonds is 4. The van der Waals surface area contributed by atoms with Crippen LogP contribution in [0.1, 0.15) is 44.4 Å². The Kier molecular flexibility index (Phi) is 3.91. The zero-order valence-electron chi connectivity index (χ0n) is 10.8. The molecule has 0 unspecified atom stereocenters. The van der Waals surface area contributed by atoms with E-state index in [1.54, 1.807) is 11.3 Å². The predicted molar refractivity (Wildman–Crippen MR) is 73.2 cm³/mol. The van der Waals surface area contributed by atoms with Crippen LogP contribution in [0.25, 0.3) is 0 Å². The molecule has 1 fully saturated rings. The first-order chi connectivity index (χ1) is 8.05. The molecule has 0 spiro atoms. The third-order valence-electron chi connectivity index (χ3n) is 4.08. The highest BCUT2D eigenvalue weighted by molar-refractivity contribution is 7.09.